The number of hydrogen-bond donors (Lipinski definition) is 2. The fourth-order valence-electron chi connectivity index (χ4n) is 1.98. The maximum absolute atomic E-state index is 11.9. The number of aryl methyl sites for hydroxylation is 2. The molecule has 106 valence electrons. The van der Waals surface area contributed by atoms with Crippen LogP contribution >= 0.6 is 0 Å². The standard InChI is InChI=1S/C15H19N3O2/c1-3-12-9-14(18(2)17-12)16-15(20)10-13(19)11-7-5-4-6-8-11/h4-9,13,19H,3,10H2,1-2H3,(H,16,20). The molecule has 5 heteroatoms. The lowest BCUT2D eigenvalue weighted by Crippen LogP contribution is -2.17. The van der Waals surface area contributed by atoms with Gasteiger partial charge in [-0.25, -0.2) is 0 Å². The minimum Gasteiger partial charge on any atom is -0.388 e. The molecule has 0 aliphatic rings. The molecule has 1 aromatic heterocycles. The van der Waals surface area contributed by atoms with E-state index in [2.05, 4.69) is 10.4 Å². The summed E-state index contributed by atoms with van der Waals surface area (Å²) in [6, 6.07) is 11.0. The van der Waals surface area contributed by atoms with Crippen molar-refractivity contribution in [2.24, 2.45) is 7.05 Å². The molecule has 0 spiro atoms. The third-order valence-corrected chi connectivity index (χ3v) is 3.12. The van der Waals surface area contributed by atoms with Gasteiger partial charge >= 0.3 is 0 Å². The summed E-state index contributed by atoms with van der Waals surface area (Å²) >= 11 is 0. The maximum atomic E-state index is 11.9. The first-order valence-corrected chi connectivity index (χ1v) is 6.66. The van der Waals surface area contributed by atoms with E-state index in [1.165, 1.54) is 0 Å². The van der Waals surface area contributed by atoms with Gasteiger partial charge in [0.15, 0.2) is 0 Å². The van der Waals surface area contributed by atoms with Crippen molar-refractivity contribution in [3.05, 3.63) is 47.7 Å². The highest BCUT2D eigenvalue weighted by molar-refractivity contribution is 5.90. The molecule has 2 N–H and O–H groups in total. The normalized spacial score (nSPS) is 12.2. The molecule has 0 saturated carbocycles. The van der Waals surface area contributed by atoms with Crippen molar-refractivity contribution in [2.45, 2.75) is 25.9 Å². The Balaban J connectivity index is 1.97. The van der Waals surface area contributed by atoms with Crippen LogP contribution in [0.1, 0.15) is 30.7 Å². The molecular formula is C15H19N3O2. The lowest BCUT2D eigenvalue weighted by Gasteiger charge is -2.11. The zero-order valence-corrected chi connectivity index (χ0v) is 11.7. The van der Waals surface area contributed by atoms with Gasteiger partial charge in [-0.1, -0.05) is 37.3 Å². The minimum absolute atomic E-state index is 0.0245. The summed E-state index contributed by atoms with van der Waals surface area (Å²) in [4.78, 5) is 11.9. The van der Waals surface area contributed by atoms with Crippen molar-refractivity contribution in [2.75, 3.05) is 5.32 Å². The van der Waals surface area contributed by atoms with E-state index in [0.29, 0.717) is 5.82 Å². The summed E-state index contributed by atoms with van der Waals surface area (Å²) in [6.07, 6.45) is 0.0441. The number of rotatable bonds is 5. The summed E-state index contributed by atoms with van der Waals surface area (Å²) in [6.45, 7) is 2.01. The number of aliphatic hydroxyl groups is 1. The van der Waals surface area contributed by atoms with Gasteiger partial charge in [-0.2, -0.15) is 5.10 Å². The molecule has 0 fully saturated rings. The van der Waals surface area contributed by atoms with Crippen LogP contribution in [0.4, 0.5) is 5.82 Å². The van der Waals surface area contributed by atoms with Gasteiger partial charge in [0.1, 0.15) is 5.82 Å². The Bertz CT molecular complexity index is 578. The number of aliphatic hydroxyl groups excluding tert-OH is 1. The summed E-state index contributed by atoms with van der Waals surface area (Å²) in [7, 11) is 1.78. The third kappa shape index (κ3) is 3.45. The molecule has 0 radical (unpaired) electrons. The number of aromatic nitrogens is 2. The van der Waals surface area contributed by atoms with Crippen LogP contribution in [0.15, 0.2) is 36.4 Å². The number of nitrogens with one attached hydrogen (secondary N) is 1. The highest BCUT2D eigenvalue weighted by atomic mass is 16.3. The van der Waals surface area contributed by atoms with Gasteiger partial charge in [-0.15, -0.1) is 0 Å². The highest BCUT2D eigenvalue weighted by Crippen LogP contribution is 2.17. The van der Waals surface area contributed by atoms with Crippen LogP contribution in [0.2, 0.25) is 0 Å². The second-order valence-electron chi connectivity index (χ2n) is 4.68. The second-order valence-corrected chi connectivity index (χ2v) is 4.68. The molecular weight excluding hydrogens is 254 g/mol. The molecule has 1 heterocycles. The summed E-state index contributed by atoms with van der Waals surface area (Å²) in [5.41, 5.74) is 1.66. The molecule has 2 aromatic rings. The Morgan fingerprint density at radius 2 is 2.10 bits per heavy atom. The predicted octanol–water partition coefficient (Wildman–Crippen LogP) is 2.04. The van der Waals surface area contributed by atoms with Crippen molar-refractivity contribution in [1.82, 2.24) is 9.78 Å². The largest absolute Gasteiger partial charge is 0.388 e. The van der Waals surface area contributed by atoms with E-state index in [1.807, 2.05) is 31.2 Å². The molecule has 20 heavy (non-hydrogen) atoms. The molecule has 0 bridgehead atoms. The Morgan fingerprint density at radius 1 is 1.40 bits per heavy atom. The average molecular weight is 273 g/mol. The summed E-state index contributed by atoms with van der Waals surface area (Å²) in [5, 5.41) is 17.0. The van der Waals surface area contributed by atoms with Gasteiger partial charge in [-0.05, 0) is 12.0 Å². The molecule has 1 unspecified atom stereocenters. The van der Waals surface area contributed by atoms with E-state index >= 15 is 0 Å². The molecule has 1 atom stereocenters. The number of benzene rings is 1. The fourth-order valence-corrected chi connectivity index (χ4v) is 1.98. The van der Waals surface area contributed by atoms with Crippen LogP contribution < -0.4 is 5.32 Å². The van der Waals surface area contributed by atoms with Crippen LogP contribution in [0, 0.1) is 0 Å². The first-order valence-electron chi connectivity index (χ1n) is 6.66. The van der Waals surface area contributed by atoms with E-state index in [0.717, 1.165) is 17.7 Å². The van der Waals surface area contributed by atoms with Gasteiger partial charge < -0.3 is 10.4 Å². The zero-order chi connectivity index (χ0) is 14.5. The molecule has 2 rings (SSSR count). The SMILES string of the molecule is CCc1cc(NC(=O)CC(O)c2ccccc2)n(C)n1. The summed E-state index contributed by atoms with van der Waals surface area (Å²) < 4.78 is 1.63. The van der Waals surface area contributed by atoms with E-state index in [4.69, 9.17) is 0 Å². The summed E-state index contributed by atoms with van der Waals surface area (Å²) in [5.74, 6) is 0.416. The Kier molecular flexibility index (Phi) is 4.53. The zero-order valence-electron chi connectivity index (χ0n) is 11.7. The van der Waals surface area contributed by atoms with E-state index < -0.39 is 6.10 Å². The van der Waals surface area contributed by atoms with Crippen LogP contribution in [0.25, 0.3) is 0 Å². The first-order chi connectivity index (χ1) is 9.60. The Hall–Kier alpha value is -2.14. The quantitative estimate of drug-likeness (QED) is 0.876. The highest BCUT2D eigenvalue weighted by Gasteiger charge is 2.14. The second kappa shape index (κ2) is 6.34. The lowest BCUT2D eigenvalue weighted by molar-refractivity contribution is -0.118. The van der Waals surface area contributed by atoms with Gasteiger partial charge in [0.2, 0.25) is 5.91 Å². The monoisotopic (exact) mass is 273 g/mol. The minimum atomic E-state index is -0.796. The third-order valence-electron chi connectivity index (χ3n) is 3.12. The fraction of sp³-hybridized carbons (Fsp3) is 0.333. The predicted molar refractivity (Wildman–Crippen MR) is 77.2 cm³/mol. The molecule has 0 saturated heterocycles. The van der Waals surface area contributed by atoms with Gasteiger partial charge in [0.25, 0.3) is 0 Å². The van der Waals surface area contributed by atoms with Crippen molar-refractivity contribution in [1.29, 1.82) is 0 Å². The van der Waals surface area contributed by atoms with Crippen molar-refractivity contribution in [3.8, 4) is 0 Å². The average Bonchev–Trinajstić information content (AvgIpc) is 2.80. The van der Waals surface area contributed by atoms with Gasteiger partial charge in [0.05, 0.1) is 18.2 Å². The van der Waals surface area contributed by atoms with E-state index in [9.17, 15) is 9.90 Å². The van der Waals surface area contributed by atoms with Gasteiger partial charge in [-0.3, -0.25) is 9.48 Å². The Morgan fingerprint density at radius 3 is 2.70 bits per heavy atom. The molecule has 5 nitrogen and oxygen atoms in total. The topological polar surface area (TPSA) is 67.2 Å². The number of carbonyl (C=O) groups is 1. The number of nitrogens with zero attached hydrogens (tertiary/aromatic N) is 2. The number of anilines is 1. The van der Waals surface area contributed by atoms with E-state index in [1.54, 1.807) is 23.9 Å². The molecule has 1 aromatic carbocycles. The molecule has 0 aliphatic heterocycles. The first kappa shape index (κ1) is 14.3. The van der Waals surface area contributed by atoms with Crippen molar-refractivity contribution in [3.63, 3.8) is 0 Å². The van der Waals surface area contributed by atoms with Crippen molar-refractivity contribution < 1.29 is 9.90 Å². The smallest absolute Gasteiger partial charge is 0.228 e. The van der Waals surface area contributed by atoms with E-state index in [-0.39, 0.29) is 12.3 Å². The number of hydrogen-bond acceptors (Lipinski definition) is 3. The van der Waals surface area contributed by atoms with Crippen LogP contribution in [-0.2, 0) is 18.3 Å². The number of carbonyl (C=O) groups excluding carboxylic acids is 1. The maximum Gasteiger partial charge on any atom is 0.228 e. The van der Waals surface area contributed by atoms with Gasteiger partial charge in [0, 0.05) is 13.1 Å². The van der Waals surface area contributed by atoms with Crippen LogP contribution in [0.5, 0.6) is 0 Å². The lowest BCUT2D eigenvalue weighted by atomic mass is 10.1. The van der Waals surface area contributed by atoms with Crippen molar-refractivity contribution >= 4 is 11.7 Å². The van der Waals surface area contributed by atoms with Crippen LogP contribution in [-0.4, -0.2) is 20.8 Å². The number of amides is 1. The molecule has 1 amide bonds. The Labute approximate surface area is 118 Å². The molecule has 0 aliphatic carbocycles. The van der Waals surface area contributed by atoms with Crippen LogP contribution in [0.3, 0.4) is 0 Å².